The van der Waals surface area contributed by atoms with Crippen molar-refractivity contribution in [2.24, 2.45) is 22.7 Å². The summed E-state index contributed by atoms with van der Waals surface area (Å²) in [5, 5.41) is 9.33. The first-order chi connectivity index (χ1) is 7.92. The summed E-state index contributed by atoms with van der Waals surface area (Å²) in [6, 6.07) is 0. The molecule has 0 heterocycles. The second kappa shape index (κ2) is 4.42. The van der Waals surface area contributed by atoms with Crippen molar-refractivity contribution in [2.75, 3.05) is 6.61 Å². The fraction of sp³-hybridized carbons (Fsp3) is 0.875. The summed E-state index contributed by atoms with van der Waals surface area (Å²) in [4.78, 5) is 0. The monoisotopic (exact) mass is 236 g/mol. The molecule has 0 aromatic heterocycles. The summed E-state index contributed by atoms with van der Waals surface area (Å²) >= 11 is 0. The SMILES string of the molecule is C=C1CCC2C(C)(C)CCC[C@]2(C)[C@H]1CCO. The Balaban J connectivity index is 2.31. The zero-order valence-electron chi connectivity index (χ0n) is 11.8. The minimum atomic E-state index is 0.312. The van der Waals surface area contributed by atoms with Crippen LogP contribution in [0.2, 0.25) is 0 Å². The summed E-state index contributed by atoms with van der Waals surface area (Å²) in [6.45, 7) is 11.9. The molecule has 98 valence electrons. The number of aliphatic hydroxyl groups is 1. The van der Waals surface area contributed by atoms with Crippen molar-refractivity contribution in [1.82, 2.24) is 0 Å². The van der Waals surface area contributed by atoms with Crippen LogP contribution >= 0.6 is 0 Å². The van der Waals surface area contributed by atoms with Crippen molar-refractivity contribution in [1.29, 1.82) is 0 Å². The van der Waals surface area contributed by atoms with Crippen LogP contribution in [0.4, 0.5) is 0 Å². The Kier molecular flexibility index (Phi) is 3.42. The van der Waals surface area contributed by atoms with Crippen molar-refractivity contribution in [3.8, 4) is 0 Å². The highest BCUT2D eigenvalue weighted by molar-refractivity contribution is 5.15. The smallest absolute Gasteiger partial charge is 0.0436 e. The van der Waals surface area contributed by atoms with E-state index in [4.69, 9.17) is 0 Å². The van der Waals surface area contributed by atoms with Crippen LogP contribution in [0, 0.1) is 22.7 Å². The molecule has 2 fully saturated rings. The van der Waals surface area contributed by atoms with Gasteiger partial charge in [0.15, 0.2) is 0 Å². The Morgan fingerprint density at radius 3 is 2.65 bits per heavy atom. The first-order valence-electron chi connectivity index (χ1n) is 7.20. The van der Waals surface area contributed by atoms with Gasteiger partial charge in [-0.05, 0) is 54.8 Å². The van der Waals surface area contributed by atoms with Crippen LogP contribution in [0.3, 0.4) is 0 Å². The minimum absolute atomic E-state index is 0.312. The molecule has 1 N–H and O–H groups in total. The van der Waals surface area contributed by atoms with E-state index in [9.17, 15) is 5.11 Å². The lowest BCUT2D eigenvalue weighted by Gasteiger charge is -2.58. The molecule has 0 bridgehead atoms. The van der Waals surface area contributed by atoms with E-state index in [2.05, 4.69) is 27.4 Å². The highest BCUT2D eigenvalue weighted by atomic mass is 16.3. The standard InChI is InChI=1S/C16H28O/c1-12-6-7-14-15(2,3)9-5-10-16(14,4)13(12)8-11-17/h13-14,17H,1,5-11H2,2-4H3/t13-,14?,16+/m0/s1. The average molecular weight is 236 g/mol. The molecule has 1 unspecified atom stereocenters. The van der Waals surface area contributed by atoms with E-state index in [0.29, 0.717) is 23.4 Å². The maximum atomic E-state index is 9.33. The summed E-state index contributed by atoms with van der Waals surface area (Å²) in [7, 11) is 0. The molecule has 1 nitrogen and oxygen atoms in total. The Morgan fingerprint density at radius 2 is 2.00 bits per heavy atom. The molecule has 0 aromatic rings. The maximum Gasteiger partial charge on any atom is 0.0436 e. The number of allylic oxidation sites excluding steroid dienone is 1. The number of hydrogen-bond acceptors (Lipinski definition) is 1. The van der Waals surface area contributed by atoms with Gasteiger partial charge in [-0.3, -0.25) is 0 Å². The predicted molar refractivity (Wildman–Crippen MR) is 72.8 cm³/mol. The molecule has 1 heteroatoms. The molecule has 2 aliphatic carbocycles. The van der Waals surface area contributed by atoms with Gasteiger partial charge in [0.25, 0.3) is 0 Å². The molecule has 0 amide bonds. The highest BCUT2D eigenvalue weighted by Gasteiger charge is 2.52. The van der Waals surface area contributed by atoms with Gasteiger partial charge in [-0.25, -0.2) is 0 Å². The molecule has 0 aromatic carbocycles. The molecule has 0 aliphatic heterocycles. The van der Waals surface area contributed by atoms with Crippen molar-refractivity contribution in [3.05, 3.63) is 12.2 Å². The van der Waals surface area contributed by atoms with Gasteiger partial charge in [-0.1, -0.05) is 39.3 Å². The van der Waals surface area contributed by atoms with Gasteiger partial charge in [0, 0.05) is 6.61 Å². The van der Waals surface area contributed by atoms with E-state index >= 15 is 0 Å². The first-order valence-corrected chi connectivity index (χ1v) is 7.20. The molecule has 2 saturated carbocycles. The fourth-order valence-electron chi connectivity index (χ4n) is 4.94. The van der Waals surface area contributed by atoms with Crippen LogP contribution in [0.5, 0.6) is 0 Å². The lowest BCUT2D eigenvalue weighted by molar-refractivity contribution is -0.0571. The second-order valence-electron chi connectivity index (χ2n) is 7.16. The largest absolute Gasteiger partial charge is 0.396 e. The Labute approximate surface area is 106 Å². The number of hydrogen-bond donors (Lipinski definition) is 1. The van der Waals surface area contributed by atoms with Crippen molar-refractivity contribution in [2.45, 2.75) is 59.3 Å². The van der Waals surface area contributed by atoms with Gasteiger partial charge in [-0.15, -0.1) is 0 Å². The van der Waals surface area contributed by atoms with Crippen LogP contribution in [0.15, 0.2) is 12.2 Å². The number of rotatable bonds is 2. The topological polar surface area (TPSA) is 20.2 Å². The van der Waals surface area contributed by atoms with Crippen LogP contribution in [-0.2, 0) is 0 Å². The third kappa shape index (κ3) is 2.07. The Morgan fingerprint density at radius 1 is 1.29 bits per heavy atom. The van der Waals surface area contributed by atoms with Gasteiger partial charge in [0.2, 0.25) is 0 Å². The molecular weight excluding hydrogens is 208 g/mol. The van der Waals surface area contributed by atoms with Gasteiger partial charge in [0.05, 0.1) is 0 Å². The van der Waals surface area contributed by atoms with Crippen LogP contribution in [0.1, 0.15) is 59.3 Å². The van der Waals surface area contributed by atoms with Crippen LogP contribution in [-0.4, -0.2) is 11.7 Å². The van der Waals surface area contributed by atoms with Gasteiger partial charge >= 0.3 is 0 Å². The van der Waals surface area contributed by atoms with E-state index in [1.54, 1.807) is 0 Å². The molecule has 3 atom stereocenters. The van der Waals surface area contributed by atoms with E-state index in [1.165, 1.54) is 37.7 Å². The third-order valence-electron chi connectivity index (χ3n) is 5.74. The van der Waals surface area contributed by atoms with Gasteiger partial charge < -0.3 is 5.11 Å². The lowest BCUT2D eigenvalue weighted by atomic mass is 9.47. The molecule has 0 spiro atoms. The van der Waals surface area contributed by atoms with Crippen molar-refractivity contribution >= 4 is 0 Å². The van der Waals surface area contributed by atoms with E-state index in [-0.39, 0.29) is 0 Å². The summed E-state index contributed by atoms with van der Waals surface area (Å²) < 4.78 is 0. The second-order valence-corrected chi connectivity index (χ2v) is 7.16. The summed E-state index contributed by atoms with van der Waals surface area (Å²) in [5.74, 6) is 1.36. The van der Waals surface area contributed by atoms with Crippen molar-refractivity contribution in [3.63, 3.8) is 0 Å². The summed E-state index contributed by atoms with van der Waals surface area (Å²) in [5.41, 5.74) is 2.26. The Hall–Kier alpha value is -0.300. The lowest BCUT2D eigenvalue weighted by Crippen LogP contribution is -2.49. The zero-order chi connectivity index (χ0) is 12.7. The third-order valence-corrected chi connectivity index (χ3v) is 5.74. The normalized spacial score (nSPS) is 41.1. The Bertz CT molecular complexity index is 305. The molecule has 0 saturated heterocycles. The predicted octanol–water partition coefficient (Wildman–Crippen LogP) is 4.17. The molecule has 2 rings (SSSR count). The number of fused-ring (bicyclic) bond motifs is 1. The van der Waals surface area contributed by atoms with E-state index in [0.717, 1.165) is 12.3 Å². The van der Waals surface area contributed by atoms with Crippen molar-refractivity contribution < 1.29 is 5.11 Å². The maximum absolute atomic E-state index is 9.33. The van der Waals surface area contributed by atoms with E-state index < -0.39 is 0 Å². The highest BCUT2D eigenvalue weighted by Crippen LogP contribution is 2.61. The molecule has 17 heavy (non-hydrogen) atoms. The number of aliphatic hydroxyl groups excluding tert-OH is 1. The quantitative estimate of drug-likeness (QED) is 0.714. The van der Waals surface area contributed by atoms with Gasteiger partial charge in [0.1, 0.15) is 0 Å². The minimum Gasteiger partial charge on any atom is -0.396 e. The molecule has 2 aliphatic rings. The van der Waals surface area contributed by atoms with Gasteiger partial charge in [-0.2, -0.15) is 0 Å². The summed E-state index contributed by atoms with van der Waals surface area (Å²) in [6.07, 6.45) is 7.44. The van der Waals surface area contributed by atoms with Crippen LogP contribution in [0.25, 0.3) is 0 Å². The molecule has 0 radical (unpaired) electrons. The van der Waals surface area contributed by atoms with Crippen LogP contribution < -0.4 is 0 Å². The average Bonchev–Trinajstić information content (AvgIpc) is 2.22. The zero-order valence-corrected chi connectivity index (χ0v) is 11.8. The fourth-order valence-corrected chi connectivity index (χ4v) is 4.94. The first kappa shape index (κ1) is 13.1. The van der Waals surface area contributed by atoms with E-state index in [1.807, 2.05) is 0 Å². The molecular formula is C16H28O.